The van der Waals surface area contributed by atoms with Crippen molar-refractivity contribution in [2.45, 2.75) is 19.9 Å². The van der Waals surface area contributed by atoms with Crippen molar-refractivity contribution in [3.8, 4) is 0 Å². The second-order valence-electron chi connectivity index (χ2n) is 3.36. The van der Waals surface area contributed by atoms with E-state index in [0.717, 1.165) is 23.7 Å². The summed E-state index contributed by atoms with van der Waals surface area (Å²) in [6, 6.07) is 0.479. The van der Waals surface area contributed by atoms with Crippen molar-refractivity contribution < 1.29 is 0 Å². The summed E-state index contributed by atoms with van der Waals surface area (Å²) >= 11 is 0. The maximum absolute atomic E-state index is 4.32. The first-order chi connectivity index (χ1) is 5.68. The normalized spacial score (nSPS) is 21.1. The fourth-order valence-electron chi connectivity index (χ4n) is 1.57. The van der Waals surface area contributed by atoms with Gasteiger partial charge in [-0.15, -0.1) is 0 Å². The highest BCUT2D eigenvalue weighted by atomic mass is 15.3. The molecule has 0 radical (unpaired) electrons. The minimum absolute atomic E-state index is 0.479. The molecule has 1 unspecified atom stereocenters. The number of anilines is 2. The van der Waals surface area contributed by atoms with Crippen LogP contribution in [0.4, 0.5) is 11.5 Å². The van der Waals surface area contributed by atoms with Crippen LogP contribution in [-0.4, -0.2) is 22.4 Å². The van der Waals surface area contributed by atoms with E-state index in [2.05, 4.69) is 22.7 Å². The van der Waals surface area contributed by atoms with Crippen LogP contribution in [0.15, 0.2) is 0 Å². The third kappa shape index (κ3) is 0.948. The van der Waals surface area contributed by atoms with Crippen LogP contribution in [0.2, 0.25) is 0 Å². The number of hydrogen-bond acceptors (Lipinski definition) is 3. The first kappa shape index (κ1) is 7.46. The lowest BCUT2D eigenvalue weighted by Crippen LogP contribution is -2.30. The van der Waals surface area contributed by atoms with E-state index in [9.17, 15) is 0 Å². The molecule has 0 bridgehead atoms. The van der Waals surface area contributed by atoms with Gasteiger partial charge in [0, 0.05) is 19.6 Å². The molecule has 0 amide bonds. The van der Waals surface area contributed by atoms with Gasteiger partial charge < -0.3 is 10.6 Å². The summed E-state index contributed by atoms with van der Waals surface area (Å²) in [6.45, 7) is 5.14. The number of hydrogen-bond donors (Lipinski definition) is 2. The van der Waals surface area contributed by atoms with E-state index in [1.165, 1.54) is 0 Å². The highest BCUT2D eigenvalue weighted by Gasteiger charge is 2.19. The van der Waals surface area contributed by atoms with Gasteiger partial charge in [-0.25, -0.2) is 0 Å². The molecule has 12 heavy (non-hydrogen) atoms. The van der Waals surface area contributed by atoms with E-state index in [1.54, 1.807) is 0 Å². The number of aryl methyl sites for hydroxylation is 2. The Morgan fingerprint density at radius 1 is 1.58 bits per heavy atom. The molecule has 1 aliphatic rings. The molecule has 4 nitrogen and oxygen atoms in total. The van der Waals surface area contributed by atoms with Crippen molar-refractivity contribution in [3.05, 3.63) is 5.69 Å². The number of aromatic nitrogens is 2. The third-order valence-electron chi connectivity index (χ3n) is 2.19. The smallest absolute Gasteiger partial charge is 0.148 e. The molecule has 2 N–H and O–H groups in total. The van der Waals surface area contributed by atoms with Gasteiger partial charge >= 0.3 is 0 Å². The Kier molecular flexibility index (Phi) is 1.49. The maximum atomic E-state index is 4.32. The van der Waals surface area contributed by atoms with Crippen LogP contribution in [0.1, 0.15) is 12.6 Å². The monoisotopic (exact) mass is 166 g/mol. The molecule has 2 heterocycles. The molecule has 66 valence electrons. The highest BCUT2D eigenvalue weighted by molar-refractivity contribution is 5.70. The van der Waals surface area contributed by atoms with Gasteiger partial charge in [-0.3, -0.25) is 4.68 Å². The van der Waals surface area contributed by atoms with Crippen molar-refractivity contribution in [2.75, 3.05) is 17.2 Å². The fraction of sp³-hybridized carbons (Fsp3) is 0.625. The average Bonchev–Trinajstić information content (AvgIpc) is 2.28. The van der Waals surface area contributed by atoms with Gasteiger partial charge in [-0.1, -0.05) is 0 Å². The first-order valence-corrected chi connectivity index (χ1v) is 4.22. The number of fused-ring (bicyclic) bond motifs is 1. The summed E-state index contributed by atoms with van der Waals surface area (Å²) in [6.07, 6.45) is 0. The van der Waals surface area contributed by atoms with Crippen LogP contribution in [0.3, 0.4) is 0 Å². The van der Waals surface area contributed by atoms with E-state index in [-0.39, 0.29) is 0 Å². The molecule has 0 aromatic carbocycles. The topological polar surface area (TPSA) is 41.9 Å². The molecule has 0 spiro atoms. The molecule has 0 aliphatic carbocycles. The number of rotatable bonds is 0. The summed E-state index contributed by atoms with van der Waals surface area (Å²) in [5.74, 6) is 1.10. The van der Waals surface area contributed by atoms with Gasteiger partial charge in [0.1, 0.15) is 11.5 Å². The van der Waals surface area contributed by atoms with Crippen molar-refractivity contribution in [1.82, 2.24) is 9.78 Å². The minimum Gasteiger partial charge on any atom is -0.378 e. The van der Waals surface area contributed by atoms with Crippen LogP contribution in [0.25, 0.3) is 0 Å². The van der Waals surface area contributed by atoms with Crippen molar-refractivity contribution >= 4 is 11.5 Å². The molecule has 1 atom stereocenters. The Hall–Kier alpha value is -1.19. The lowest BCUT2D eigenvalue weighted by Gasteiger charge is -2.23. The summed E-state index contributed by atoms with van der Waals surface area (Å²) in [5.41, 5.74) is 2.21. The summed E-state index contributed by atoms with van der Waals surface area (Å²) < 4.78 is 1.88. The Bertz CT molecular complexity index is 302. The van der Waals surface area contributed by atoms with Crippen LogP contribution >= 0.6 is 0 Å². The van der Waals surface area contributed by atoms with Gasteiger partial charge in [0.2, 0.25) is 0 Å². The van der Waals surface area contributed by atoms with Gasteiger partial charge in [0.25, 0.3) is 0 Å². The molecule has 0 saturated heterocycles. The van der Waals surface area contributed by atoms with Gasteiger partial charge in [0.05, 0.1) is 5.69 Å². The van der Waals surface area contributed by atoms with Crippen LogP contribution in [-0.2, 0) is 7.05 Å². The van der Waals surface area contributed by atoms with E-state index in [0.29, 0.717) is 6.04 Å². The first-order valence-electron chi connectivity index (χ1n) is 4.22. The molecule has 1 aromatic heterocycles. The SMILES string of the molecule is Cc1nn(C)c2c1NCC(C)N2. The summed E-state index contributed by atoms with van der Waals surface area (Å²) in [5, 5.41) is 11.1. The molecule has 1 aliphatic heterocycles. The highest BCUT2D eigenvalue weighted by Crippen LogP contribution is 2.28. The van der Waals surface area contributed by atoms with Gasteiger partial charge in [0.15, 0.2) is 0 Å². The molecule has 0 saturated carbocycles. The van der Waals surface area contributed by atoms with Crippen molar-refractivity contribution in [2.24, 2.45) is 7.05 Å². The van der Waals surface area contributed by atoms with Crippen LogP contribution in [0.5, 0.6) is 0 Å². The van der Waals surface area contributed by atoms with Gasteiger partial charge in [-0.2, -0.15) is 5.10 Å². The van der Waals surface area contributed by atoms with E-state index >= 15 is 0 Å². The maximum Gasteiger partial charge on any atom is 0.148 e. The number of nitrogens with one attached hydrogen (secondary N) is 2. The zero-order valence-electron chi connectivity index (χ0n) is 7.68. The zero-order valence-corrected chi connectivity index (χ0v) is 7.68. The van der Waals surface area contributed by atoms with E-state index < -0.39 is 0 Å². The molecular formula is C8H14N4. The average molecular weight is 166 g/mol. The Balaban J connectivity index is 2.45. The third-order valence-corrected chi connectivity index (χ3v) is 2.19. The van der Waals surface area contributed by atoms with Crippen LogP contribution in [0, 0.1) is 6.92 Å². The standard InChI is InChI=1S/C8H14N4/c1-5-4-9-7-6(2)11-12(3)8(7)10-5/h5,9-10H,4H2,1-3H3. The summed E-state index contributed by atoms with van der Waals surface area (Å²) in [4.78, 5) is 0. The Morgan fingerprint density at radius 2 is 2.33 bits per heavy atom. The lowest BCUT2D eigenvalue weighted by atomic mass is 10.2. The van der Waals surface area contributed by atoms with Crippen LogP contribution < -0.4 is 10.6 Å². The Morgan fingerprint density at radius 3 is 3.08 bits per heavy atom. The second kappa shape index (κ2) is 2.40. The summed E-state index contributed by atoms with van der Waals surface area (Å²) in [7, 11) is 1.96. The molecule has 2 rings (SSSR count). The predicted octanol–water partition coefficient (Wildman–Crippen LogP) is 0.954. The van der Waals surface area contributed by atoms with Gasteiger partial charge in [-0.05, 0) is 13.8 Å². The molecule has 4 heteroatoms. The molecule has 1 aromatic rings. The Labute approximate surface area is 72.0 Å². The largest absolute Gasteiger partial charge is 0.378 e. The van der Waals surface area contributed by atoms with E-state index in [4.69, 9.17) is 0 Å². The minimum atomic E-state index is 0.479. The predicted molar refractivity (Wildman–Crippen MR) is 49.5 cm³/mol. The molecule has 0 fully saturated rings. The van der Waals surface area contributed by atoms with E-state index in [1.807, 2.05) is 18.7 Å². The zero-order chi connectivity index (χ0) is 8.72. The quantitative estimate of drug-likeness (QED) is 0.603. The lowest BCUT2D eigenvalue weighted by molar-refractivity contribution is 0.732. The van der Waals surface area contributed by atoms with Crippen molar-refractivity contribution in [1.29, 1.82) is 0 Å². The van der Waals surface area contributed by atoms with Crippen molar-refractivity contribution in [3.63, 3.8) is 0 Å². The number of nitrogens with zero attached hydrogens (tertiary/aromatic N) is 2. The second-order valence-corrected chi connectivity index (χ2v) is 3.36. The molecular weight excluding hydrogens is 152 g/mol. The fourth-order valence-corrected chi connectivity index (χ4v) is 1.57.